The summed E-state index contributed by atoms with van der Waals surface area (Å²) in [5.41, 5.74) is 2.36. The summed E-state index contributed by atoms with van der Waals surface area (Å²) in [6.07, 6.45) is 1.93. The van der Waals surface area contributed by atoms with Crippen LogP contribution in [0.25, 0.3) is 0 Å². The van der Waals surface area contributed by atoms with E-state index < -0.39 is 5.41 Å². The fourth-order valence-corrected chi connectivity index (χ4v) is 3.65. The van der Waals surface area contributed by atoms with Gasteiger partial charge in [-0.05, 0) is 28.8 Å². The van der Waals surface area contributed by atoms with Crippen LogP contribution in [0.1, 0.15) is 23.1 Å². The Bertz CT molecular complexity index is 808. The largest absolute Gasteiger partial charge is 0.411 e. The van der Waals surface area contributed by atoms with Crippen molar-refractivity contribution in [3.05, 3.63) is 99.8 Å². The minimum Gasteiger partial charge on any atom is -0.411 e. The molecule has 0 aliphatic carbocycles. The molecule has 3 aromatic rings. The van der Waals surface area contributed by atoms with Crippen LogP contribution >= 0.6 is 23.2 Å². The fraction of sp³-hybridized carbons (Fsp3) is 0.100. The topological polar surface area (TPSA) is 45.5 Å². The van der Waals surface area contributed by atoms with Crippen molar-refractivity contribution in [2.75, 3.05) is 0 Å². The highest BCUT2D eigenvalue weighted by Crippen LogP contribution is 2.42. The zero-order valence-corrected chi connectivity index (χ0v) is 14.8. The number of rotatable bonds is 5. The van der Waals surface area contributed by atoms with Crippen molar-refractivity contribution in [1.29, 1.82) is 0 Å². The number of hydrogen-bond acceptors (Lipinski definition) is 3. The molecule has 1 aromatic heterocycles. The molecule has 126 valence electrons. The van der Waals surface area contributed by atoms with E-state index in [4.69, 9.17) is 28.4 Å². The van der Waals surface area contributed by atoms with E-state index in [0.717, 1.165) is 16.7 Å². The zero-order chi connectivity index (χ0) is 17.7. The molecule has 0 saturated carbocycles. The normalized spacial score (nSPS) is 11.8. The van der Waals surface area contributed by atoms with Gasteiger partial charge in [-0.3, -0.25) is 0 Å². The van der Waals surface area contributed by atoms with Crippen molar-refractivity contribution >= 4 is 29.4 Å². The maximum absolute atomic E-state index is 9.08. The third-order valence-corrected chi connectivity index (χ3v) is 4.66. The average molecular weight is 371 g/mol. The van der Waals surface area contributed by atoms with Crippen LogP contribution in [0.4, 0.5) is 0 Å². The van der Waals surface area contributed by atoms with Gasteiger partial charge in [0.15, 0.2) is 0 Å². The van der Waals surface area contributed by atoms with Gasteiger partial charge in [-0.15, -0.1) is 5.16 Å². The van der Waals surface area contributed by atoms with Gasteiger partial charge >= 0.3 is 0 Å². The minimum atomic E-state index is -0.606. The molecule has 0 fully saturated rings. The Morgan fingerprint density at radius 3 is 1.76 bits per heavy atom. The fourth-order valence-electron chi connectivity index (χ4n) is 3.19. The summed E-state index contributed by atoms with van der Waals surface area (Å²) in [6.45, 7) is 0. The predicted octanol–water partition coefficient (Wildman–Crippen LogP) is 5.57. The molecule has 0 saturated heterocycles. The first kappa shape index (κ1) is 17.5. The molecule has 5 heteroatoms. The van der Waals surface area contributed by atoms with Gasteiger partial charge in [-0.2, -0.15) is 0 Å². The molecule has 0 atom stereocenters. The highest BCUT2D eigenvalue weighted by Gasteiger charge is 2.36. The first-order valence-electron chi connectivity index (χ1n) is 7.77. The van der Waals surface area contributed by atoms with E-state index >= 15 is 0 Å². The predicted molar refractivity (Wildman–Crippen MR) is 102 cm³/mol. The molecule has 1 N–H and O–H groups in total. The molecule has 0 bridgehead atoms. The van der Waals surface area contributed by atoms with Crippen LogP contribution < -0.4 is 0 Å². The lowest BCUT2D eigenvalue weighted by Crippen LogP contribution is -2.30. The second-order valence-electron chi connectivity index (χ2n) is 5.64. The smallest absolute Gasteiger partial charge is 0.131 e. The maximum atomic E-state index is 9.08. The van der Waals surface area contributed by atoms with Gasteiger partial charge in [0, 0.05) is 12.6 Å². The lowest BCUT2D eigenvalue weighted by molar-refractivity contribution is 0.319. The van der Waals surface area contributed by atoms with E-state index in [1.54, 1.807) is 12.1 Å². The van der Waals surface area contributed by atoms with Crippen molar-refractivity contribution in [2.24, 2.45) is 5.16 Å². The molecule has 0 aliphatic rings. The minimum absolute atomic E-state index is 0.319. The van der Waals surface area contributed by atoms with E-state index in [0.29, 0.717) is 16.7 Å². The summed E-state index contributed by atoms with van der Waals surface area (Å²) in [4.78, 5) is 4.06. The second-order valence-corrected chi connectivity index (χ2v) is 6.42. The first-order valence-corrected chi connectivity index (χ1v) is 8.53. The number of halogens is 2. The third kappa shape index (κ3) is 3.53. The summed E-state index contributed by atoms with van der Waals surface area (Å²) in [5, 5.41) is 13.0. The maximum Gasteiger partial charge on any atom is 0.131 e. The summed E-state index contributed by atoms with van der Waals surface area (Å²) < 4.78 is 0. The van der Waals surface area contributed by atoms with Crippen molar-refractivity contribution in [2.45, 2.75) is 11.8 Å². The molecule has 0 spiro atoms. The number of benzene rings is 2. The molecular formula is C20H16Cl2N2O. The number of oxime groups is 1. The Kier molecular flexibility index (Phi) is 5.37. The van der Waals surface area contributed by atoms with Crippen molar-refractivity contribution in [3.63, 3.8) is 0 Å². The van der Waals surface area contributed by atoms with Crippen molar-refractivity contribution in [3.8, 4) is 0 Å². The van der Waals surface area contributed by atoms with Gasteiger partial charge in [0.25, 0.3) is 0 Å². The molecular weight excluding hydrogens is 355 g/mol. The van der Waals surface area contributed by atoms with Crippen LogP contribution in [0.2, 0.25) is 10.3 Å². The highest BCUT2D eigenvalue weighted by molar-refractivity contribution is 6.32. The summed E-state index contributed by atoms with van der Waals surface area (Å²) in [5.74, 6) is 0. The average Bonchev–Trinajstić information content (AvgIpc) is 2.63. The molecule has 1 heterocycles. The SMILES string of the molecule is O/N=C\CC(c1ccccc1)(c1ccccc1)c1cc(Cl)nc(Cl)c1. The van der Waals surface area contributed by atoms with Gasteiger partial charge < -0.3 is 5.21 Å². The quantitative estimate of drug-likeness (QED) is 0.276. The molecule has 0 radical (unpaired) electrons. The lowest BCUT2D eigenvalue weighted by Gasteiger charge is -2.35. The molecule has 2 aromatic carbocycles. The molecule has 0 amide bonds. The summed E-state index contributed by atoms with van der Waals surface area (Å²) >= 11 is 12.4. The van der Waals surface area contributed by atoms with Crippen LogP contribution in [0, 0.1) is 0 Å². The van der Waals surface area contributed by atoms with Crippen molar-refractivity contribution < 1.29 is 5.21 Å². The number of nitrogens with zero attached hydrogens (tertiary/aromatic N) is 2. The second kappa shape index (κ2) is 7.68. The number of pyridine rings is 1. The zero-order valence-electron chi connectivity index (χ0n) is 13.3. The van der Waals surface area contributed by atoms with E-state index in [1.807, 2.05) is 60.7 Å². The summed E-state index contributed by atoms with van der Waals surface area (Å²) in [7, 11) is 0. The van der Waals surface area contributed by atoms with Crippen LogP contribution in [0.15, 0.2) is 78.0 Å². The first-order chi connectivity index (χ1) is 12.2. The van der Waals surface area contributed by atoms with Crippen LogP contribution in [0.3, 0.4) is 0 Å². The van der Waals surface area contributed by atoms with Gasteiger partial charge in [-0.1, -0.05) is 83.9 Å². The Morgan fingerprint density at radius 1 is 0.840 bits per heavy atom. The Balaban J connectivity index is 2.36. The van der Waals surface area contributed by atoms with Gasteiger partial charge in [0.2, 0.25) is 0 Å². The monoisotopic (exact) mass is 370 g/mol. The highest BCUT2D eigenvalue weighted by atomic mass is 35.5. The van der Waals surface area contributed by atoms with Gasteiger partial charge in [-0.25, -0.2) is 4.98 Å². The van der Waals surface area contributed by atoms with Crippen LogP contribution in [-0.4, -0.2) is 16.4 Å². The Labute approximate surface area is 156 Å². The Morgan fingerprint density at radius 2 is 1.32 bits per heavy atom. The van der Waals surface area contributed by atoms with E-state index in [-0.39, 0.29) is 0 Å². The third-order valence-electron chi connectivity index (χ3n) is 4.27. The van der Waals surface area contributed by atoms with E-state index in [2.05, 4.69) is 10.1 Å². The van der Waals surface area contributed by atoms with E-state index in [1.165, 1.54) is 6.21 Å². The Hall–Kier alpha value is -2.36. The molecule has 3 nitrogen and oxygen atoms in total. The van der Waals surface area contributed by atoms with Gasteiger partial charge in [0.05, 0.1) is 5.41 Å². The molecule has 0 aliphatic heterocycles. The van der Waals surface area contributed by atoms with Crippen LogP contribution in [0.5, 0.6) is 0 Å². The molecule has 25 heavy (non-hydrogen) atoms. The molecule has 3 rings (SSSR count). The standard InChI is InChI=1S/C20H16Cl2N2O/c21-18-13-17(14-19(22)24-18)20(11-12-23-25,15-7-3-1-4-8-15)16-9-5-2-6-10-16/h1-10,12-14,25H,11H2/b23-12-. The van der Waals surface area contributed by atoms with E-state index in [9.17, 15) is 0 Å². The number of hydrogen-bond donors (Lipinski definition) is 1. The number of aromatic nitrogens is 1. The molecule has 0 unspecified atom stereocenters. The van der Waals surface area contributed by atoms with Crippen LogP contribution in [-0.2, 0) is 5.41 Å². The van der Waals surface area contributed by atoms with Gasteiger partial charge in [0.1, 0.15) is 10.3 Å². The lowest BCUT2D eigenvalue weighted by atomic mass is 9.68. The summed E-state index contributed by atoms with van der Waals surface area (Å²) in [6, 6.07) is 23.6. The van der Waals surface area contributed by atoms with Crippen molar-refractivity contribution in [1.82, 2.24) is 4.98 Å².